The van der Waals surface area contributed by atoms with Gasteiger partial charge in [-0.3, -0.25) is 9.59 Å². The van der Waals surface area contributed by atoms with E-state index in [0.29, 0.717) is 25.9 Å². The van der Waals surface area contributed by atoms with E-state index in [2.05, 4.69) is 55.6 Å². The predicted molar refractivity (Wildman–Crippen MR) is 361 cm³/mol. The second-order valence-corrected chi connectivity index (χ2v) is 25.6. The molecule has 0 aliphatic heterocycles. The number of hydrogen-bond acceptors (Lipinski definition) is 5. The molecule has 6 nitrogen and oxygen atoms in total. The molecule has 0 heterocycles. The first-order chi connectivity index (χ1) is 40.5. The monoisotopic (exact) mass is 1150 g/mol. The van der Waals surface area contributed by atoms with E-state index in [-0.39, 0.29) is 18.5 Å². The van der Waals surface area contributed by atoms with Gasteiger partial charge in [0, 0.05) is 12.8 Å². The first-order valence-corrected chi connectivity index (χ1v) is 37.2. The molecule has 3 N–H and O–H groups in total. The van der Waals surface area contributed by atoms with E-state index in [0.717, 1.165) is 51.4 Å². The Morgan fingerprint density at radius 3 is 0.939 bits per heavy atom. The van der Waals surface area contributed by atoms with E-state index in [1.165, 1.54) is 327 Å². The third kappa shape index (κ3) is 67.2. The van der Waals surface area contributed by atoms with Crippen molar-refractivity contribution in [2.24, 2.45) is 0 Å². The highest BCUT2D eigenvalue weighted by Gasteiger charge is 2.20. The molecule has 0 saturated carbocycles. The Labute approximate surface area is 513 Å². The molecule has 0 aromatic carbocycles. The molecule has 0 saturated heterocycles. The summed E-state index contributed by atoms with van der Waals surface area (Å²) in [5.41, 5.74) is 0. The number of hydrogen-bond donors (Lipinski definition) is 3. The van der Waals surface area contributed by atoms with Crippen LogP contribution >= 0.6 is 0 Å². The minimum atomic E-state index is -0.670. The molecule has 0 spiro atoms. The van der Waals surface area contributed by atoms with E-state index in [4.69, 9.17) is 4.74 Å². The maximum atomic E-state index is 12.6. The van der Waals surface area contributed by atoms with Crippen LogP contribution in [0.4, 0.5) is 0 Å². The second kappa shape index (κ2) is 71.6. The predicted octanol–water partition coefficient (Wildman–Crippen LogP) is 24.3. The molecule has 1 amide bonds. The molecule has 0 bridgehead atoms. The smallest absolute Gasteiger partial charge is 0.305 e. The number of allylic oxidation sites excluding steroid dienone is 5. The Hall–Kier alpha value is -1.92. The number of aliphatic hydroxyl groups excluding tert-OH is 2. The average Bonchev–Trinajstić information content (AvgIpc) is 3.48. The number of carbonyl (C=O) groups is 2. The van der Waals surface area contributed by atoms with E-state index in [1.807, 2.05) is 0 Å². The van der Waals surface area contributed by atoms with Gasteiger partial charge >= 0.3 is 5.97 Å². The molecular formula is C76H145NO5. The molecule has 0 aliphatic rings. The Kier molecular flexibility index (Phi) is 69.9. The van der Waals surface area contributed by atoms with Crippen molar-refractivity contribution in [2.75, 3.05) is 13.2 Å². The zero-order valence-electron chi connectivity index (χ0n) is 55.5. The summed E-state index contributed by atoms with van der Waals surface area (Å²) >= 11 is 0. The number of nitrogens with one attached hydrogen (secondary N) is 1. The molecule has 0 fully saturated rings. The molecule has 484 valence electrons. The summed E-state index contributed by atoms with van der Waals surface area (Å²) in [5, 5.41) is 23.5. The lowest BCUT2D eigenvalue weighted by Gasteiger charge is -2.22. The molecular weight excluding hydrogens is 1010 g/mol. The fourth-order valence-corrected chi connectivity index (χ4v) is 11.8. The number of rotatable bonds is 70. The molecule has 82 heavy (non-hydrogen) atoms. The molecule has 0 radical (unpaired) electrons. The van der Waals surface area contributed by atoms with E-state index in [1.54, 1.807) is 0 Å². The fraction of sp³-hybridized carbons (Fsp3) is 0.895. The van der Waals surface area contributed by atoms with Crippen LogP contribution in [-0.4, -0.2) is 47.4 Å². The van der Waals surface area contributed by atoms with Crippen molar-refractivity contribution in [3.8, 4) is 0 Å². The number of unbranched alkanes of at least 4 members (excludes halogenated alkanes) is 53. The molecule has 6 heteroatoms. The minimum absolute atomic E-state index is 0.0346. The lowest BCUT2D eigenvalue weighted by Crippen LogP contribution is -2.45. The highest BCUT2D eigenvalue weighted by Crippen LogP contribution is 2.19. The fourth-order valence-electron chi connectivity index (χ4n) is 11.8. The zero-order valence-corrected chi connectivity index (χ0v) is 55.5. The van der Waals surface area contributed by atoms with Gasteiger partial charge in [-0.15, -0.1) is 0 Å². The number of esters is 1. The van der Waals surface area contributed by atoms with Gasteiger partial charge in [-0.25, -0.2) is 0 Å². The summed E-state index contributed by atoms with van der Waals surface area (Å²) in [4.78, 5) is 24.7. The Morgan fingerprint density at radius 2 is 0.610 bits per heavy atom. The van der Waals surface area contributed by atoms with E-state index >= 15 is 0 Å². The first kappa shape index (κ1) is 80.1. The van der Waals surface area contributed by atoms with Crippen molar-refractivity contribution in [3.63, 3.8) is 0 Å². The van der Waals surface area contributed by atoms with Gasteiger partial charge < -0.3 is 20.3 Å². The van der Waals surface area contributed by atoms with Crippen LogP contribution in [0.25, 0.3) is 0 Å². The van der Waals surface area contributed by atoms with Crippen LogP contribution in [0.15, 0.2) is 36.5 Å². The zero-order chi connectivity index (χ0) is 59.2. The molecule has 0 aliphatic carbocycles. The van der Waals surface area contributed by atoms with Crippen molar-refractivity contribution in [2.45, 2.75) is 424 Å². The summed E-state index contributed by atoms with van der Waals surface area (Å²) in [6, 6.07) is -0.548. The highest BCUT2D eigenvalue weighted by atomic mass is 16.5. The first-order valence-electron chi connectivity index (χ1n) is 37.2. The van der Waals surface area contributed by atoms with Crippen molar-refractivity contribution in [1.29, 1.82) is 0 Å². The number of amides is 1. The maximum absolute atomic E-state index is 12.6. The lowest BCUT2D eigenvalue weighted by molar-refractivity contribution is -0.143. The van der Waals surface area contributed by atoms with Gasteiger partial charge in [0.15, 0.2) is 0 Å². The maximum Gasteiger partial charge on any atom is 0.305 e. The van der Waals surface area contributed by atoms with Gasteiger partial charge in [0.1, 0.15) is 0 Å². The van der Waals surface area contributed by atoms with Crippen molar-refractivity contribution < 1.29 is 24.5 Å². The number of aliphatic hydroxyl groups is 2. The van der Waals surface area contributed by atoms with Gasteiger partial charge in [-0.2, -0.15) is 0 Å². The van der Waals surface area contributed by atoms with E-state index in [9.17, 15) is 19.8 Å². The second-order valence-electron chi connectivity index (χ2n) is 25.6. The Balaban J connectivity index is 3.43. The summed E-state index contributed by atoms with van der Waals surface area (Å²) in [7, 11) is 0. The SMILES string of the molecule is CCCCCCCC/C=C\CCCCCCCCCCCC(=O)OCC/C=C\C/C=C\CCCCCCCCCCCCCCCCC(=O)NC(CO)C(O)CCCCCCCCCCCCCCCCCCCCCCCCCCC. The Bertz CT molecular complexity index is 1330. The van der Waals surface area contributed by atoms with Crippen LogP contribution in [0.5, 0.6) is 0 Å². The minimum Gasteiger partial charge on any atom is -0.465 e. The van der Waals surface area contributed by atoms with Crippen LogP contribution in [0.1, 0.15) is 412 Å². The standard InChI is InChI=1S/C76H145NO5/c1-3-5-7-9-11-13-15-17-19-21-23-24-25-26-27-29-33-36-40-44-48-52-56-60-64-68-74(79)73(72-78)77-75(80)69-65-61-57-53-49-45-41-37-34-30-28-31-35-39-43-47-51-55-59-63-67-71-82-76(81)70-66-62-58-54-50-46-42-38-32-22-20-18-16-14-12-10-8-6-4-2/h18,20,47,51,59,63,73-74,78-79H,3-17,19,21-46,48-50,52-58,60-62,64-72H2,1-2H3,(H,77,80)/b20-18-,51-47-,63-59-. The van der Waals surface area contributed by atoms with Gasteiger partial charge in [-0.1, -0.05) is 365 Å². The van der Waals surface area contributed by atoms with Crippen LogP contribution in [-0.2, 0) is 14.3 Å². The average molecular weight is 1150 g/mol. The van der Waals surface area contributed by atoms with Crippen molar-refractivity contribution in [1.82, 2.24) is 5.32 Å². The van der Waals surface area contributed by atoms with Crippen LogP contribution < -0.4 is 5.32 Å². The number of carbonyl (C=O) groups excluding carboxylic acids is 2. The quantitative estimate of drug-likeness (QED) is 0.0320. The topological polar surface area (TPSA) is 95.9 Å². The Morgan fingerprint density at radius 1 is 0.341 bits per heavy atom. The highest BCUT2D eigenvalue weighted by molar-refractivity contribution is 5.76. The normalized spacial score (nSPS) is 12.7. The van der Waals surface area contributed by atoms with Gasteiger partial charge in [0.25, 0.3) is 0 Å². The molecule has 2 unspecified atom stereocenters. The summed E-state index contributed by atoms with van der Waals surface area (Å²) in [6.07, 6.45) is 92.2. The van der Waals surface area contributed by atoms with Gasteiger partial charge in [0.2, 0.25) is 5.91 Å². The summed E-state index contributed by atoms with van der Waals surface area (Å²) in [5.74, 6) is -0.0697. The summed E-state index contributed by atoms with van der Waals surface area (Å²) in [6.45, 7) is 4.88. The molecule has 0 rings (SSSR count). The third-order valence-electron chi connectivity index (χ3n) is 17.4. The van der Waals surface area contributed by atoms with Crippen molar-refractivity contribution in [3.05, 3.63) is 36.5 Å². The van der Waals surface area contributed by atoms with Gasteiger partial charge in [0.05, 0.1) is 25.4 Å². The largest absolute Gasteiger partial charge is 0.465 e. The molecule has 0 aromatic rings. The third-order valence-corrected chi connectivity index (χ3v) is 17.4. The molecule has 2 atom stereocenters. The summed E-state index contributed by atoms with van der Waals surface area (Å²) < 4.78 is 5.44. The van der Waals surface area contributed by atoms with Crippen LogP contribution in [0.3, 0.4) is 0 Å². The number of ether oxygens (including phenoxy) is 1. The lowest BCUT2D eigenvalue weighted by atomic mass is 10.0. The van der Waals surface area contributed by atoms with Gasteiger partial charge in [-0.05, 0) is 70.6 Å². The van der Waals surface area contributed by atoms with Crippen LogP contribution in [0.2, 0.25) is 0 Å². The molecule has 0 aromatic heterocycles. The van der Waals surface area contributed by atoms with E-state index < -0.39 is 12.1 Å². The van der Waals surface area contributed by atoms with Crippen LogP contribution in [0, 0.1) is 0 Å². The van der Waals surface area contributed by atoms with Crippen molar-refractivity contribution >= 4 is 11.9 Å².